The van der Waals surface area contributed by atoms with Crippen molar-refractivity contribution in [2.75, 3.05) is 11.1 Å². The molecule has 0 radical (unpaired) electrons. The molecule has 7 nitrogen and oxygen atoms in total. The zero-order valence-corrected chi connectivity index (χ0v) is 18.5. The molecule has 158 valence electrons. The highest BCUT2D eigenvalue weighted by molar-refractivity contribution is 8.00. The Bertz CT molecular complexity index is 1320. The van der Waals surface area contributed by atoms with Gasteiger partial charge in [-0.15, -0.1) is 0 Å². The number of carbonyl (C=O) groups excluding carboxylic acids is 1. The van der Waals surface area contributed by atoms with E-state index in [1.165, 1.54) is 23.1 Å². The fourth-order valence-corrected chi connectivity index (χ4v) is 5.66. The topological polar surface area (TPSA) is 90.0 Å². The molecule has 1 aliphatic carbocycles. The molecule has 0 fully saturated rings. The van der Waals surface area contributed by atoms with Crippen LogP contribution in [-0.4, -0.2) is 26.2 Å². The predicted molar refractivity (Wildman–Crippen MR) is 122 cm³/mol. The molecule has 9 heteroatoms. The van der Waals surface area contributed by atoms with Crippen molar-refractivity contribution in [3.8, 4) is 0 Å². The van der Waals surface area contributed by atoms with Crippen molar-refractivity contribution in [1.29, 1.82) is 0 Å². The average molecular weight is 453 g/mol. The lowest BCUT2D eigenvalue weighted by atomic mass is 10.2. The Morgan fingerprint density at radius 1 is 1.29 bits per heavy atom. The van der Waals surface area contributed by atoms with Gasteiger partial charge in [0, 0.05) is 11.3 Å². The second-order valence-electron chi connectivity index (χ2n) is 7.47. The fraction of sp³-hybridized carbons (Fsp3) is 0.273. The van der Waals surface area contributed by atoms with Crippen LogP contribution in [0.3, 0.4) is 0 Å². The first-order valence-electron chi connectivity index (χ1n) is 10.0. The van der Waals surface area contributed by atoms with Gasteiger partial charge in [0.2, 0.25) is 5.91 Å². The number of aromatic nitrogens is 3. The lowest BCUT2D eigenvalue weighted by molar-refractivity contribution is -0.113. The van der Waals surface area contributed by atoms with Crippen LogP contribution in [0.2, 0.25) is 0 Å². The number of anilines is 1. The van der Waals surface area contributed by atoms with Crippen LogP contribution in [0.25, 0.3) is 10.2 Å². The van der Waals surface area contributed by atoms with Gasteiger partial charge in [-0.1, -0.05) is 29.2 Å². The number of hydrogen-bond acceptors (Lipinski definition) is 7. The van der Waals surface area contributed by atoms with E-state index in [9.17, 15) is 9.59 Å². The molecule has 1 aliphatic rings. The number of amides is 1. The summed E-state index contributed by atoms with van der Waals surface area (Å²) >= 11 is 2.77. The highest BCUT2D eigenvalue weighted by atomic mass is 32.2. The highest BCUT2D eigenvalue weighted by Crippen LogP contribution is 2.30. The fourth-order valence-electron chi connectivity index (χ4n) is 3.80. The molecule has 5 rings (SSSR count). The van der Waals surface area contributed by atoms with Crippen LogP contribution in [0.1, 0.15) is 29.0 Å². The van der Waals surface area contributed by atoms with Crippen LogP contribution in [0.4, 0.5) is 5.13 Å². The van der Waals surface area contributed by atoms with Crippen molar-refractivity contribution in [2.24, 2.45) is 0 Å². The number of aryl methyl sites for hydroxylation is 1. The third-order valence-corrected chi connectivity index (χ3v) is 7.18. The number of furan rings is 1. The van der Waals surface area contributed by atoms with Crippen LogP contribution in [-0.2, 0) is 24.2 Å². The van der Waals surface area contributed by atoms with Crippen molar-refractivity contribution < 1.29 is 9.21 Å². The number of thioether (sulfide) groups is 1. The zero-order chi connectivity index (χ0) is 21.4. The van der Waals surface area contributed by atoms with E-state index in [0.29, 0.717) is 16.7 Å². The molecule has 0 bridgehead atoms. The smallest absolute Gasteiger partial charge is 0.349 e. The summed E-state index contributed by atoms with van der Waals surface area (Å²) in [5.74, 6) is 0.744. The highest BCUT2D eigenvalue weighted by Gasteiger charge is 2.23. The van der Waals surface area contributed by atoms with Gasteiger partial charge < -0.3 is 9.73 Å². The third-order valence-electron chi connectivity index (χ3n) is 5.23. The summed E-state index contributed by atoms with van der Waals surface area (Å²) in [5, 5.41) is 4.11. The minimum absolute atomic E-state index is 0.158. The van der Waals surface area contributed by atoms with Gasteiger partial charge in [0.25, 0.3) is 0 Å². The molecule has 1 aromatic carbocycles. The van der Waals surface area contributed by atoms with Crippen molar-refractivity contribution in [3.63, 3.8) is 0 Å². The van der Waals surface area contributed by atoms with E-state index in [2.05, 4.69) is 21.4 Å². The summed E-state index contributed by atoms with van der Waals surface area (Å²) in [6.45, 7) is 2.41. The molecule has 3 aromatic heterocycles. The maximum atomic E-state index is 12.7. The summed E-state index contributed by atoms with van der Waals surface area (Å²) in [6, 6.07) is 9.68. The number of fused-ring (bicyclic) bond motifs is 2. The lowest BCUT2D eigenvalue weighted by Gasteiger charge is -2.13. The summed E-state index contributed by atoms with van der Waals surface area (Å²) in [4.78, 5) is 33.9. The molecule has 0 aliphatic heterocycles. The molecule has 0 saturated carbocycles. The largest absolute Gasteiger partial charge is 0.467 e. The minimum atomic E-state index is -0.304. The Kier molecular flexibility index (Phi) is 5.37. The van der Waals surface area contributed by atoms with Gasteiger partial charge in [0.05, 0.1) is 28.8 Å². The SMILES string of the molecule is Cc1ccc2nc(NC(=O)CSc3nc(=O)n(Cc4ccco4)c4c3CCC4)sc2c1. The van der Waals surface area contributed by atoms with Crippen molar-refractivity contribution in [2.45, 2.75) is 37.8 Å². The maximum Gasteiger partial charge on any atom is 0.349 e. The number of rotatable bonds is 6. The predicted octanol–water partition coefficient (Wildman–Crippen LogP) is 4.02. The molecule has 4 aromatic rings. The zero-order valence-electron chi connectivity index (χ0n) is 16.9. The van der Waals surface area contributed by atoms with E-state index in [1.807, 2.05) is 31.2 Å². The van der Waals surface area contributed by atoms with Crippen LogP contribution < -0.4 is 11.0 Å². The number of nitrogens with zero attached hydrogens (tertiary/aromatic N) is 3. The van der Waals surface area contributed by atoms with E-state index in [1.54, 1.807) is 10.8 Å². The van der Waals surface area contributed by atoms with E-state index in [0.717, 1.165) is 52.1 Å². The number of nitrogens with one attached hydrogen (secondary N) is 1. The van der Waals surface area contributed by atoms with Gasteiger partial charge in [-0.2, -0.15) is 4.98 Å². The lowest BCUT2D eigenvalue weighted by Crippen LogP contribution is -2.28. The average Bonchev–Trinajstić information content (AvgIpc) is 3.48. The Morgan fingerprint density at radius 2 is 2.19 bits per heavy atom. The molecule has 1 N–H and O–H groups in total. The summed E-state index contributed by atoms with van der Waals surface area (Å²) < 4.78 is 8.13. The van der Waals surface area contributed by atoms with E-state index in [4.69, 9.17) is 4.42 Å². The van der Waals surface area contributed by atoms with Crippen molar-refractivity contribution in [1.82, 2.24) is 14.5 Å². The van der Waals surface area contributed by atoms with Crippen LogP contribution >= 0.6 is 23.1 Å². The van der Waals surface area contributed by atoms with Gasteiger partial charge >= 0.3 is 5.69 Å². The van der Waals surface area contributed by atoms with Gasteiger partial charge in [0.1, 0.15) is 10.8 Å². The first-order valence-corrected chi connectivity index (χ1v) is 11.8. The third kappa shape index (κ3) is 4.15. The van der Waals surface area contributed by atoms with Crippen molar-refractivity contribution in [3.05, 3.63) is 69.7 Å². The number of hydrogen-bond donors (Lipinski definition) is 1. The van der Waals surface area contributed by atoms with Crippen LogP contribution in [0.5, 0.6) is 0 Å². The molecule has 1 amide bonds. The maximum absolute atomic E-state index is 12.7. The first kappa shape index (κ1) is 20.0. The molecule has 3 heterocycles. The quantitative estimate of drug-likeness (QED) is 0.351. The molecular formula is C22H20N4O3S2. The Hall–Kier alpha value is -2.91. The van der Waals surface area contributed by atoms with Gasteiger partial charge in [-0.25, -0.2) is 9.78 Å². The Labute approximate surface area is 186 Å². The number of carbonyl (C=O) groups is 1. The second kappa shape index (κ2) is 8.32. The van der Waals surface area contributed by atoms with Gasteiger partial charge in [0.15, 0.2) is 5.13 Å². The number of thiazole rings is 1. The molecule has 0 spiro atoms. The van der Waals surface area contributed by atoms with E-state index >= 15 is 0 Å². The minimum Gasteiger partial charge on any atom is -0.467 e. The monoisotopic (exact) mass is 452 g/mol. The summed E-state index contributed by atoms with van der Waals surface area (Å²) in [6.07, 6.45) is 4.27. The normalized spacial score (nSPS) is 12.9. The first-order chi connectivity index (χ1) is 15.1. The van der Waals surface area contributed by atoms with Crippen LogP contribution in [0.15, 0.2) is 50.8 Å². The second-order valence-corrected chi connectivity index (χ2v) is 9.47. The number of benzene rings is 1. The molecular weight excluding hydrogens is 432 g/mol. The molecule has 0 unspecified atom stereocenters. The summed E-state index contributed by atoms with van der Waals surface area (Å²) in [7, 11) is 0. The van der Waals surface area contributed by atoms with Gasteiger partial charge in [-0.3, -0.25) is 9.36 Å². The van der Waals surface area contributed by atoms with Crippen molar-refractivity contribution >= 4 is 44.4 Å². The van der Waals surface area contributed by atoms with Crippen LogP contribution in [0, 0.1) is 6.92 Å². The van der Waals surface area contributed by atoms with Gasteiger partial charge in [-0.05, 0) is 56.0 Å². The standard InChI is InChI=1S/C22H20N4O3S2/c1-13-7-8-16-18(10-13)31-21(23-16)24-19(27)12-30-20-15-5-2-6-17(15)26(22(28)25-20)11-14-4-3-9-29-14/h3-4,7-10H,2,5-6,11-12H2,1H3,(H,23,24,27). The molecule has 0 atom stereocenters. The Balaban J connectivity index is 1.30. The Morgan fingerprint density at radius 3 is 3.03 bits per heavy atom. The molecule has 31 heavy (non-hydrogen) atoms. The molecule has 0 saturated heterocycles. The van der Waals surface area contributed by atoms with E-state index in [-0.39, 0.29) is 17.3 Å². The van der Waals surface area contributed by atoms with E-state index < -0.39 is 0 Å². The summed E-state index contributed by atoms with van der Waals surface area (Å²) in [5.41, 5.74) is 3.80.